The Kier molecular flexibility index (Phi) is 8.45. The SMILES string of the molecule is CSC(CO)C(C)NC(=O)C(CS)NC(C)=O. The van der Waals surface area contributed by atoms with Crippen LogP contribution in [0.1, 0.15) is 13.8 Å². The van der Waals surface area contributed by atoms with Crippen molar-refractivity contribution in [2.24, 2.45) is 0 Å². The fourth-order valence-electron chi connectivity index (χ4n) is 1.29. The highest BCUT2D eigenvalue weighted by Gasteiger charge is 2.22. The first-order valence-corrected chi connectivity index (χ1v) is 7.20. The molecule has 0 aromatic heterocycles. The Morgan fingerprint density at radius 1 is 1.41 bits per heavy atom. The minimum atomic E-state index is -0.639. The van der Waals surface area contributed by atoms with Crippen LogP contribution >= 0.6 is 24.4 Å². The largest absolute Gasteiger partial charge is 0.395 e. The van der Waals surface area contributed by atoms with E-state index in [-0.39, 0.29) is 35.5 Å². The van der Waals surface area contributed by atoms with Gasteiger partial charge in [-0.05, 0) is 13.2 Å². The average Bonchev–Trinajstić information content (AvgIpc) is 2.26. The van der Waals surface area contributed by atoms with Crippen LogP contribution in [0.2, 0.25) is 0 Å². The van der Waals surface area contributed by atoms with E-state index in [2.05, 4.69) is 23.3 Å². The van der Waals surface area contributed by atoms with Crippen LogP contribution in [0, 0.1) is 0 Å². The van der Waals surface area contributed by atoms with Gasteiger partial charge in [0.2, 0.25) is 11.8 Å². The number of amides is 2. The summed E-state index contributed by atoms with van der Waals surface area (Å²) in [5.41, 5.74) is 0. The Hall–Kier alpha value is -0.400. The number of aliphatic hydroxyl groups excluding tert-OH is 1. The van der Waals surface area contributed by atoms with Gasteiger partial charge in [0.1, 0.15) is 6.04 Å². The molecule has 0 aromatic rings. The molecule has 0 saturated heterocycles. The van der Waals surface area contributed by atoms with Crippen molar-refractivity contribution in [3.05, 3.63) is 0 Å². The Morgan fingerprint density at radius 2 is 2.00 bits per heavy atom. The maximum atomic E-state index is 11.8. The summed E-state index contributed by atoms with van der Waals surface area (Å²) in [6.07, 6.45) is 1.87. The molecule has 0 aliphatic rings. The summed E-state index contributed by atoms with van der Waals surface area (Å²) in [5, 5.41) is 14.3. The van der Waals surface area contributed by atoms with Crippen molar-refractivity contribution in [3.8, 4) is 0 Å². The van der Waals surface area contributed by atoms with Crippen LogP contribution in [0.5, 0.6) is 0 Å². The van der Waals surface area contributed by atoms with Crippen LogP contribution in [-0.4, -0.2) is 52.9 Å². The number of carbonyl (C=O) groups excluding carboxylic acids is 2. The lowest BCUT2D eigenvalue weighted by Gasteiger charge is -2.24. The predicted molar refractivity (Wildman–Crippen MR) is 73.5 cm³/mol. The molecule has 3 atom stereocenters. The van der Waals surface area contributed by atoms with Crippen molar-refractivity contribution < 1.29 is 14.7 Å². The van der Waals surface area contributed by atoms with Gasteiger partial charge in [-0.3, -0.25) is 9.59 Å². The smallest absolute Gasteiger partial charge is 0.243 e. The molecule has 7 heteroatoms. The topological polar surface area (TPSA) is 78.4 Å². The Morgan fingerprint density at radius 3 is 2.35 bits per heavy atom. The number of aliphatic hydroxyl groups is 1. The molecule has 0 spiro atoms. The number of hydrogen-bond acceptors (Lipinski definition) is 5. The summed E-state index contributed by atoms with van der Waals surface area (Å²) in [5.74, 6) is -0.313. The third-order valence-corrected chi connectivity index (χ3v) is 3.81. The molecule has 0 rings (SSSR count). The first-order chi connectivity index (χ1) is 7.96. The number of carbonyl (C=O) groups is 2. The van der Waals surface area contributed by atoms with Gasteiger partial charge in [-0.25, -0.2) is 0 Å². The molecule has 0 radical (unpaired) electrons. The summed E-state index contributed by atoms with van der Waals surface area (Å²) in [6.45, 7) is 3.17. The van der Waals surface area contributed by atoms with Gasteiger partial charge in [-0.2, -0.15) is 24.4 Å². The van der Waals surface area contributed by atoms with Crippen LogP contribution in [-0.2, 0) is 9.59 Å². The molecule has 0 heterocycles. The van der Waals surface area contributed by atoms with E-state index in [0.717, 1.165) is 0 Å². The van der Waals surface area contributed by atoms with Gasteiger partial charge in [0.05, 0.1) is 6.61 Å². The van der Waals surface area contributed by atoms with Crippen molar-refractivity contribution in [3.63, 3.8) is 0 Å². The molecule has 0 saturated carbocycles. The second-order valence-corrected chi connectivity index (χ2v) is 5.13. The zero-order valence-corrected chi connectivity index (χ0v) is 12.0. The molecule has 5 nitrogen and oxygen atoms in total. The summed E-state index contributed by atoms with van der Waals surface area (Å²) in [7, 11) is 0. The summed E-state index contributed by atoms with van der Waals surface area (Å²) < 4.78 is 0. The van der Waals surface area contributed by atoms with Gasteiger partial charge in [0.25, 0.3) is 0 Å². The summed E-state index contributed by atoms with van der Waals surface area (Å²) in [4.78, 5) is 22.7. The molecular weight excluding hydrogens is 260 g/mol. The first kappa shape index (κ1) is 16.6. The van der Waals surface area contributed by atoms with Crippen LogP contribution in [0.25, 0.3) is 0 Å². The van der Waals surface area contributed by atoms with E-state index in [1.54, 1.807) is 0 Å². The lowest BCUT2D eigenvalue weighted by atomic mass is 10.2. The number of rotatable bonds is 7. The predicted octanol–water partition coefficient (Wildman–Crippen LogP) is -0.351. The van der Waals surface area contributed by atoms with Crippen molar-refractivity contribution >= 4 is 36.2 Å². The molecule has 2 amide bonds. The molecule has 0 fully saturated rings. The third-order valence-electron chi connectivity index (χ3n) is 2.29. The van der Waals surface area contributed by atoms with E-state index < -0.39 is 6.04 Å². The van der Waals surface area contributed by atoms with E-state index in [4.69, 9.17) is 5.11 Å². The minimum Gasteiger partial charge on any atom is -0.395 e. The summed E-state index contributed by atoms with van der Waals surface area (Å²) >= 11 is 5.50. The number of nitrogens with one attached hydrogen (secondary N) is 2. The van der Waals surface area contributed by atoms with Crippen LogP contribution in [0.4, 0.5) is 0 Å². The fraction of sp³-hybridized carbons (Fsp3) is 0.800. The molecular formula is C10H20N2O3S2. The molecule has 0 aromatic carbocycles. The zero-order valence-electron chi connectivity index (χ0n) is 10.3. The van der Waals surface area contributed by atoms with Crippen molar-refractivity contribution in [2.75, 3.05) is 18.6 Å². The van der Waals surface area contributed by atoms with Gasteiger partial charge >= 0.3 is 0 Å². The second kappa shape index (κ2) is 8.66. The highest BCUT2D eigenvalue weighted by molar-refractivity contribution is 7.99. The van der Waals surface area contributed by atoms with Gasteiger partial charge in [0, 0.05) is 24.0 Å². The number of hydrogen-bond donors (Lipinski definition) is 4. The molecule has 0 aliphatic carbocycles. The molecule has 0 bridgehead atoms. The Labute approximate surface area is 112 Å². The normalized spacial score (nSPS) is 15.8. The lowest BCUT2D eigenvalue weighted by Crippen LogP contribution is -2.52. The van der Waals surface area contributed by atoms with Gasteiger partial charge < -0.3 is 15.7 Å². The molecule has 0 aliphatic heterocycles. The quantitative estimate of drug-likeness (QED) is 0.481. The third kappa shape index (κ3) is 6.18. The lowest BCUT2D eigenvalue weighted by molar-refractivity contribution is -0.127. The monoisotopic (exact) mass is 280 g/mol. The summed E-state index contributed by atoms with van der Waals surface area (Å²) in [6, 6.07) is -0.807. The number of thioether (sulfide) groups is 1. The van der Waals surface area contributed by atoms with E-state index in [9.17, 15) is 9.59 Å². The Bertz CT molecular complexity index is 260. The van der Waals surface area contributed by atoms with Crippen LogP contribution in [0.15, 0.2) is 0 Å². The van der Waals surface area contributed by atoms with Crippen molar-refractivity contribution in [2.45, 2.75) is 31.2 Å². The highest BCUT2D eigenvalue weighted by atomic mass is 32.2. The molecule has 3 unspecified atom stereocenters. The standard InChI is InChI=1S/C10H20N2O3S2/c1-6(9(4-13)17-3)11-10(15)8(5-16)12-7(2)14/h6,8-9,13,16H,4-5H2,1-3H3,(H,11,15)(H,12,14). The van der Waals surface area contributed by atoms with Crippen molar-refractivity contribution in [1.82, 2.24) is 10.6 Å². The van der Waals surface area contributed by atoms with Crippen LogP contribution in [0.3, 0.4) is 0 Å². The molecule has 17 heavy (non-hydrogen) atoms. The average molecular weight is 280 g/mol. The fourth-order valence-corrected chi connectivity index (χ4v) is 2.18. The van der Waals surface area contributed by atoms with E-state index in [1.807, 2.05) is 13.2 Å². The maximum absolute atomic E-state index is 11.8. The molecule has 100 valence electrons. The van der Waals surface area contributed by atoms with Crippen molar-refractivity contribution in [1.29, 1.82) is 0 Å². The van der Waals surface area contributed by atoms with Crippen LogP contribution < -0.4 is 10.6 Å². The second-order valence-electron chi connectivity index (χ2n) is 3.69. The highest BCUT2D eigenvalue weighted by Crippen LogP contribution is 2.10. The van der Waals surface area contributed by atoms with E-state index in [1.165, 1.54) is 18.7 Å². The van der Waals surface area contributed by atoms with E-state index in [0.29, 0.717) is 0 Å². The molecule has 3 N–H and O–H groups in total. The number of thiol groups is 1. The minimum absolute atomic E-state index is 0.00566. The van der Waals surface area contributed by atoms with Gasteiger partial charge in [-0.1, -0.05) is 0 Å². The van der Waals surface area contributed by atoms with Gasteiger partial charge in [0.15, 0.2) is 0 Å². The zero-order chi connectivity index (χ0) is 13.4. The maximum Gasteiger partial charge on any atom is 0.243 e. The van der Waals surface area contributed by atoms with Gasteiger partial charge in [-0.15, -0.1) is 0 Å². The van der Waals surface area contributed by atoms with E-state index >= 15 is 0 Å². The first-order valence-electron chi connectivity index (χ1n) is 5.28. The Balaban J connectivity index is 4.34.